The lowest BCUT2D eigenvalue weighted by atomic mass is 9.89. The van der Waals surface area contributed by atoms with Gasteiger partial charge in [-0.05, 0) is 61.1 Å². The van der Waals surface area contributed by atoms with E-state index in [-0.39, 0.29) is 0 Å². The molecule has 4 heteroatoms. The molecular formula is C23H26F2N2. The first-order valence-electron chi connectivity index (χ1n) is 9.29. The molecular weight excluding hydrogens is 342 g/mol. The molecule has 0 saturated heterocycles. The third-order valence-electron chi connectivity index (χ3n) is 4.62. The maximum atomic E-state index is 14.4. The summed E-state index contributed by atoms with van der Waals surface area (Å²) < 4.78 is 28.4. The number of hydrogen-bond acceptors (Lipinski definition) is 2. The van der Waals surface area contributed by atoms with E-state index in [2.05, 4.69) is 11.9 Å². The topological polar surface area (TPSA) is 36.7 Å². The van der Waals surface area contributed by atoms with E-state index >= 15 is 0 Å². The van der Waals surface area contributed by atoms with Crippen LogP contribution in [0.1, 0.15) is 61.6 Å². The van der Waals surface area contributed by atoms with Crippen molar-refractivity contribution in [3.8, 4) is 0 Å². The monoisotopic (exact) mass is 368 g/mol. The molecule has 0 aliphatic heterocycles. The minimum Gasteiger partial charge on any atom is -0.308 e. The van der Waals surface area contributed by atoms with Crippen molar-refractivity contribution in [2.24, 2.45) is 0 Å². The van der Waals surface area contributed by atoms with Gasteiger partial charge in [0.1, 0.15) is 11.6 Å². The molecule has 0 radical (unpaired) electrons. The zero-order chi connectivity index (χ0) is 20.0. The van der Waals surface area contributed by atoms with E-state index in [9.17, 15) is 8.78 Å². The minimum absolute atomic E-state index is 0.470. The molecule has 1 aromatic heterocycles. The predicted octanol–water partition coefficient (Wildman–Crippen LogP) is 6.52. The number of nitrogens with one attached hydrogen (secondary N) is 1. The van der Waals surface area contributed by atoms with Crippen molar-refractivity contribution in [1.29, 1.82) is 5.41 Å². The average Bonchev–Trinajstić information content (AvgIpc) is 2.64. The lowest BCUT2D eigenvalue weighted by molar-refractivity contribution is 0.572. The van der Waals surface area contributed by atoms with Gasteiger partial charge in [-0.2, -0.15) is 0 Å². The van der Waals surface area contributed by atoms with Crippen LogP contribution < -0.4 is 0 Å². The molecule has 1 aromatic carbocycles. The van der Waals surface area contributed by atoms with Crippen LogP contribution in [-0.4, -0.2) is 11.2 Å². The number of unbranched alkanes of at least 4 members (excludes halogenated alkanes) is 1. The Morgan fingerprint density at radius 1 is 1.15 bits per heavy atom. The Morgan fingerprint density at radius 3 is 2.48 bits per heavy atom. The van der Waals surface area contributed by atoms with Gasteiger partial charge in [-0.25, -0.2) is 8.78 Å². The summed E-state index contributed by atoms with van der Waals surface area (Å²) >= 11 is 0. The SMILES string of the molecule is C/C=C(\C=N)c1cnc(C)c(/C(=C\CCC)c2cc(F)cc(F)c2CC)c1. The van der Waals surface area contributed by atoms with E-state index in [4.69, 9.17) is 5.41 Å². The summed E-state index contributed by atoms with van der Waals surface area (Å²) in [6, 6.07) is 4.30. The van der Waals surface area contributed by atoms with Gasteiger partial charge in [-0.3, -0.25) is 4.98 Å². The van der Waals surface area contributed by atoms with Crippen LogP contribution >= 0.6 is 0 Å². The lowest BCUT2D eigenvalue weighted by Gasteiger charge is -2.17. The number of allylic oxidation sites excluding steroid dienone is 3. The highest BCUT2D eigenvalue weighted by molar-refractivity contribution is 6.08. The first-order chi connectivity index (χ1) is 13.0. The van der Waals surface area contributed by atoms with Crippen molar-refractivity contribution in [3.05, 3.63) is 76.1 Å². The van der Waals surface area contributed by atoms with E-state index in [0.717, 1.165) is 46.9 Å². The highest BCUT2D eigenvalue weighted by atomic mass is 19.1. The van der Waals surface area contributed by atoms with Crippen LogP contribution in [0.2, 0.25) is 0 Å². The van der Waals surface area contributed by atoms with Gasteiger partial charge in [0.2, 0.25) is 0 Å². The second-order valence-corrected chi connectivity index (χ2v) is 6.42. The van der Waals surface area contributed by atoms with Gasteiger partial charge < -0.3 is 5.41 Å². The van der Waals surface area contributed by atoms with Crippen LogP contribution in [-0.2, 0) is 6.42 Å². The molecule has 2 aromatic rings. The molecule has 27 heavy (non-hydrogen) atoms. The van der Waals surface area contributed by atoms with Gasteiger partial charge in [-0.15, -0.1) is 0 Å². The molecule has 0 aliphatic rings. The van der Waals surface area contributed by atoms with E-state index in [0.29, 0.717) is 17.5 Å². The molecule has 0 bridgehead atoms. The van der Waals surface area contributed by atoms with Gasteiger partial charge in [0, 0.05) is 35.3 Å². The molecule has 1 N–H and O–H groups in total. The molecule has 0 fully saturated rings. The summed E-state index contributed by atoms with van der Waals surface area (Å²) in [7, 11) is 0. The Morgan fingerprint density at radius 2 is 1.89 bits per heavy atom. The van der Waals surface area contributed by atoms with Gasteiger partial charge >= 0.3 is 0 Å². The Hall–Kier alpha value is -2.62. The van der Waals surface area contributed by atoms with Crippen LogP contribution in [0.4, 0.5) is 8.78 Å². The summed E-state index contributed by atoms with van der Waals surface area (Å²) in [4.78, 5) is 4.48. The maximum Gasteiger partial charge on any atom is 0.129 e. The summed E-state index contributed by atoms with van der Waals surface area (Å²) in [5, 5.41) is 7.59. The molecule has 0 spiro atoms. The minimum atomic E-state index is -0.586. The van der Waals surface area contributed by atoms with Crippen molar-refractivity contribution in [2.75, 3.05) is 0 Å². The number of benzene rings is 1. The predicted molar refractivity (Wildman–Crippen MR) is 109 cm³/mol. The van der Waals surface area contributed by atoms with Crippen molar-refractivity contribution in [2.45, 2.75) is 47.0 Å². The summed E-state index contributed by atoms with van der Waals surface area (Å²) in [6.45, 7) is 7.69. The molecule has 0 atom stereocenters. The second kappa shape index (κ2) is 9.36. The molecule has 0 saturated carbocycles. The van der Waals surface area contributed by atoms with Crippen LogP contribution in [0.15, 0.2) is 36.5 Å². The Balaban J connectivity index is 2.77. The number of aromatic nitrogens is 1. The van der Waals surface area contributed by atoms with Crippen LogP contribution in [0.5, 0.6) is 0 Å². The van der Waals surface area contributed by atoms with E-state index in [1.54, 1.807) is 6.20 Å². The molecule has 0 amide bonds. The summed E-state index contributed by atoms with van der Waals surface area (Å²) in [5.74, 6) is -1.11. The first kappa shape index (κ1) is 20.7. The number of rotatable bonds is 7. The third kappa shape index (κ3) is 4.57. The number of nitrogens with zero attached hydrogens (tertiary/aromatic N) is 1. The Labute approximate surface area is 160 Å². The molecule has 0 aliphatic carbocycles. The quantitative estimate of drug-likeness (QED) is 0.555. The second-order valence-electron chi connectivity index (χ2n) is 6.42. The molecule has 2 rings (SSSR count). The average molecular weight is 368 g/mol. The third-order valence-corrected chi connectivity index (χ3v) is 4.62. The molecule has 0 unspecified atom stereocenters. The zero-order valence-electron chi connectivity index (χ0n) is 16.4. The van der Waals surface area contributed by atoms with E-state index in [1.165, 1.54) is 12.3 Å². The van der Waals surface area contributed by atoms with Gasteiger partial charge in [-0.1, -0.05) is 32.4 Å². The highest BCUT2D eigenvalue weighted by Gasteiger charge is 2.17. The summed E-state index contributed by atoms with van der Waals surface area (Å²) in [5.41, 5.74) is 5.05. The fraction of sp³-hybridized carbons (Fsp3) is 0.304. The fourth-order valence-electron chi connectivity index (χ4n) is 3.15. The smallest absolute Gasteiger partial charge is 0.129 e. The lowest BCUT2D eigenvalue weighted by Crippen LogP contribution is -2.03. The van der Waals surface area contributed by atoms with E-state index < -0.39 is 11.6 Å². The number of aryl methyl sites for hydroxylation is 1. The fourth-order valence-corrected chi connectivity index (χ4v) is 3.15. The van der Waals surface area contributed by atoms with Gasteiger partial charge in [0.05, 0.1) is 0 Å². The van der Waals surface area contributed by atoms with Gasteiger partial charge in [0.15, 0.2) is 0 Å². The molecule has 142 valence electrons. The zero-order valence-corrected chi connectivity index (χ0v) is 16.4. The maximum absolute atomic E-state index is 14.4. The molecule has 1 heterocycles. The van der Waals surface area contributed by atoms with Crippen molar-refractivity contribution in [1.82, 2.24) is 4.98 Å². The normalized spacial score (nSPS) is 12.4. The Kier molecular flexibility index (Phi) is 7.17. The summed E-state index contributed by atoms with van der Waals surface area (Å²) in [6.07, 6.45) is 9.07. The molecule has 2 nitrogen and oxygen atoms in total. The van der Waals surface area contributed by atoms with Crippen LogP contribution in [0.3, 0.4) is 0 Å². The number of halogens is 2. The van der Waals surface area contributed by atoms with Crippen LogP contribution in [0.25, 0.3) is 11.1 Å². The van der Waals surface area contributed by atoms with Gasteiger partial charge in [0.25, 0.3) is 0 Å². The largest absolute Gasteiger partial charge is 0.308 e. The van der Waals surface area contributed by atoms with Crippen molar-refractivity contribution >= 4 is 17.4 Å². The highest BCUT2D eigenvalue weighted by Crippen LogP contribution is 2.32. The first-order valence-corrected chi connectivity index (χ1v) is 9.29. The standard InChI is InChI=1S/C23H26F2N2/c1-5-8-9-20(22-11-18(24)12-23(25)19(22)7-3)21-10-17(14-27-15(21)4)16(6-2)13-26/h6,9-14,26H,5,7-8H2,1-4H3/b16-6+,20-9+,26-13?. The van der Waals surface area contributed by atoms with E-state index in [1.807, 2.05) is 39.0 Å². The van der Waals surface area contributed by atoms with Crippen LogP contribution in [0, 0.1) is 24.0 Å². The van der Waals surface area contributed by atoms with Crippen molar-refractivity contribution < 1.29 is 8.78 Å². The Bertz CT molecular complexity index is 895. The number of hydrogen-bond donors (Lipinski definition) is 1. The number of pyridine rings is 1. The van der Waals surface area contributed by atoms with Crippen molar-refractivity contribution in [3.63, 3.8) is 0 Å².